The first-order valence-electron chi connectivity index (χ1n) is 10.6. The number of hydrogen-bond donors (Lipinski definition) is 2. The van der Waals surface area contributed by atoms with Crippen LogP contribution in [0.25, 0.3) is 0 Å². The zero-order valence-electron chi connectivity index (χ0n) is 18.4. The molecule has 1 saturated carbocycles. The third kappa shape index (κ3) is 6.28. The van der Waals surface area contributed by atoms with Crippen LogP contribution in [0.5, 0.6) is 0 Å². The summed E-state index contributed by atoms with van der Waals surface area (Å²) in [5.74, 6) is -3.15. The van der Waals surface area contributed by atoms with Gasteiger partial charge in [-0.05, 0) is 43.0 Å². The van der Waals surface area contributed by atoms with Crippen molar-refractivity contribution in [1.29, 1.82) is 0 Å². The van der Waals surface area contributed by atoms with Crippen molar-refractivity contribution in [3.8, 4) is 0 Å². The Balaban J connectivity index is 1.79. The van der Waals surface area contributed by atoms with Gasteiger partial charge >= 0.3 is 5.97 Å². The molecule has 0 saturated heterocycles. The number of nitro benzene ring substituents is 1. The normalized spacial score (nSPS) is 14.7. The largest absolute Gasteiger partial charge is 0.446 e. The number of nitrogens with zero attached hydrogens (tertiary/aromatic N) is 1. The molecule has 34 heavy (non-hydrogen) atoms. The molecule has 11 heteroatoms. The molecular weight excluding hydrogens is 469 g/mol. The fourth-order valence-corrected chi connectivity index (χ4v) is 3.31. The lowest BCUT2D eigenvalue weighted by molar-refractivity contribution is -0.384. The van der Waals surface area contributed by atoms with Gasteiger partial charge < -0.3 is 15.4 Å². The predicted molar refractivity (Wildman–Crippen MR) is 121 cm³/mol. The Morgan fingerprint density at radius 2 is 1.79 bits per heavy atom. The minimum Gasteiger partial charge on any atom is -0.446 e. The highest BCUT2D eigenvalue weighted by atomic mass is 35.5. The molecule has 0 radical (unpaired) electrons. The smallest absolute Gasteiger partial charge is 0.330 e. The average Bonchev–Trinajstić information content (AvgIpc) is 3.60. The Bertz CT molecular complexity index is 1100. The third-order valence-corrected chi connectivity index (χ3v) is 5.50. The molecule has 2 N–H and O–H groups in total. The van der Waals surface area contributed by atoms with E-state index in [0.717, 1.165) is 31.0 Å². The van der Waals surface area contributed by atoms with Crippen molar-refractivity contribution >= 4 is 35.1 Å². The quantitative estimate of drug-likeness (QED) is 0.313. The Hall–Kier alpha value is -3.53. The van der Waals surface area contributed by atoms with Gasteiger partial charge in [0.05, 0.1) is 4.92 Å². The number of hydrogen-bond acceptors (Lipinski definition) is 6. The third-order valence-electron chi connectivity index (χ3n) is 5.18. The summed E-state index contributed by atoms with van der Waals surface area (Å²) in [5.41, 5.74) is -0.253. The first-order valence-corrected chi connectivity index (χ1v) is 11.0. The second kappa shape index (κ2) is 10.6. The first kappa shape index (κ1) is 25.1. The SMILES string of the molecule is CC(C)[C@H](NC(=O)c1ccc(Cl)c([N+](=O)[O-])c1)C(=O)O[C@H](C(=O)NC1CC1)c1ccc(F)cc1. The summed E-state index contributed by atoms with van der Waals surface area (Å²) < 4.78 is 18.9. The maximum Gasteiger partial charge on any atom is 0.330 e. The van der Waals surface area contributed by atoms with E-state index in [1.54, 1.807) is 13.8 Å². The van der Waals surface area contributed by atoms with Crippen molar-refractivity contribution < 1.29 is 28.4 Å². The summed E-state index contributed by atoms with van der Waals surface area (Å²) in [6.45, 7) is 3.32. The number of carbonyl (C=O) groups excluding carboxylic acids is 3. The van der Waals surface area contributed by atoms with Gasteiger partial charge in [0, 0.05) is 23.2 Å². The fraction of sp³-hybridized carbons (Fsp3) is 0.348. The van der Waals surface area contributed by atoms with Gasteiger partial charge in [-0.1, -0.05) is 37.6 Å². The van der Waals surface area contributed by atoms with E-state index >= 15 is 0 Å². The van der Waals surface area contributed by atoms with Gasteiger partial charge in [0.2, 0.25) is 6.10 Å². The number of benzene rings is 2. The van der Waals surface area contributed by atoms with E-state index in [2.05, 4.69) is 10.6 Å². The number of halogens is 2. The molecular formula is C23H23ClFN3O6. The minimum atomic E-state index is -1.34. The molecule has 0 aliphatic heterocycles. The van der Waals surface area contributed by atoms with Crippen molar-refractivity contribution in [2.75, 3.05) is 0 Å². The van der Waals surface area contributed by atoms with Gasteiger partial charge in [0.25, 0.3) is 17.5 Å². The highest BCUT2D eigenvalue weighted by Crippen LogP contribution is 2.26. The number of amides is 2. The molecule has 1 aliphatic rings. The van der Waals surface area contributed by atoms with Crippen LogP contribution >= 0.6 is 11.6 Å². The highest BCUT2D eigenvalue weighted by molar-refractivity contribution is 6.32. The molecule has 3 rings (SSSR count). The van der Waals surface area contributed by atoms with E-state index < -0.39 is 52.3 Å². The summed E-state index contributed by atoms with van der Waals surface area (Å²) >= 11 is 5.79. The van der Waals surface area contributed by atoms with Crippen LogP contribution in [0.3, 0.4) is 0 Å². The number of rotatable bonds is 9. The second-order valence-electron chi connectivity index (χ2n) is 8.27. The fourth-order valence-electron chi connectivity index (χ4n) is 3.12. The molecule has 2 amide bonds. The van der Waals surface area contributed by atoms with Gasteiger partial charge in [0.15, 0.2) is 0 Å². The van der Waals surface area contributed by atoms with Crippen LogP contribution in [0.15, 0.2) is 42.5 Å². The van der Waals surface area contributed by atoms with E-state index in [1.807, 2.05) is 0 Å². The summed E-state index contributed by atoms with van der Waals surface area (Å²) in [6.07, 6.45) is 0.282. The maximum atomic E-state index is 13.4. The maximum absolute atomic E-state index is 13.4. The predicted octanol–water partition coefficient (Wildman–Crippen LogP) is 3.70. The zero-order chi connectivity index (χ0) is 25.0. The lowest BCUT2D eigenvalue weighted by Gasteiger charge is -2.24. The molecule has 0 unspecified atom stereocenters. The van der Waals surface area contributed by atoms with Crippen LogP contribution in [-0.2, 0) is 14.3 Å². The second-order valence-corrected chi connectivity index (χ2v) is 8.68. The Morgan fingerprint density at radius 1 is 1.15 bits per heavy atom. The number of ether oxygens (including phenoxy) is 1. The highest BCUT2D eigenvalue weighted by Gasteiger charge is 2.34. The average molecular weight is 492 g/mol. The molecule has 0 aromatic heterocycles. The van der Waals surface area contributed by atoms with Gasteiger partial charge in [-0.3, -0.25) is 19.7 Å². The van der Waals surface area contributed by atoms with Crippen LogP contribution in [0.2, 0.25) is 5.02 Å². The molecule has 2 aromatic rings. The van der Waals surface area contributed by atoms with E-state index in [9.17, 15) is 28.9 Å². The van der Waals surface area contributed by atoms with E-state index in [-0.39, 0.29) is 22.2 Å². The number of nitrogens with one attached hydrogen (secondary N) is 2. The van der Waals surface area contributed by atoms with Crippen molar-refractivity contribution in [2.24, 2.45) is 5.92 Å². The van der Waals surface area contributed by atoms with Gasteiger partial charge in [-0.15, -0.1) is 0 Å². The van der Waals surface area contributed by atoms with Crippen LogP contribution < -0.4 is 10.6 Å². The Morgan fingerprint density at radius 3 is 2.35 bits per heavy atom. The number of carbonyl (C=O) groups is 3. The molecule has 0 bridgehead atoms. The van der Waals surface area contributed by atoms with E-state index in [4.69, 9.17) is 16.3 Å². The molecule has 9 nitrogen and oxygen atoms in total. The van der Waals surface area contributed by atoms with Crippen LogP contribution in [-0.4, -0.2) is 34.8 Å². The molecule has 180 valence electrons. The van der Waals surface area contributed by atoms with E-state index in [0.29, 0.717) is 0 Å². The van der Waals surface area contributed by atoms with Gasteiger partial charge in [-0.25, -0.2) is 9.18 Å². The standard InChI is InChI=1S/C23H23ClFN3O6/c1-12(2)19(27-21(29)14-5-10-17(24)18(11-14)28(32)33)23(31)34-20(22(30)26-16-8-9-16)13-3-6-15(25)7-4-13/h3-7,10-12,16,19-20H,8-9H2,1-2H3,(H,26,30)(H,27,29)/t19-,20-/m0/s1. The van der Waals surface area contributed by atoms with Crippen molar-refractivity contribution in [3.05, 3.63) is 74.5 Å². The molecule has 0 spiro atoms. The zero-order valence-corrected chi connectivity index (χ0v) is 19.2. The number of esters is 1. The number of nitro groups is 1. The topological polar surface area (TPSA) is 128 Å². The monoisotopic (exact) mass is 491 g/mol. The Labute approximate surface area is 199 Å². The molecule has 1 fully saturated rings. The molecule has 0 heterocycles. The summed E-state index contributed by atoms with van der Waals surface area (Å²) in [6, 6.07) is 7.32. The first-order chi connectivity index (χ1) is 16.1. The van der Waals surface area contributed by atoms with E-state index in [1.165, 1.54) is 24.3 Å². The van der Waals surface area contributed by atoms with Crippen LogP contribution in [0.1, 0.15) is 48.7 Å². The lowest BCUT2D eigenvalue weighted by atomic mass is 10.0. The van der Waals surface area contributed by atoms with Gasteiger partial charge in [0.1, 0.15) is 16.9 Å². The summed E-state index contributed by atoms with van der Waals surface area (Å²) in [5, 5.41) is 16.2. The molecule has 2 atom stereocenters. The lowest BCUT2D eigenvalue weighted by Crippen LogP contribution is -2.46. The summed E-state index contributed by atoms with van der Waals surface area (Å²) in [7, 11) is 0. The van der Waals surface area contributed by atoms with Crippen molar-refractivity contribution in [3.63, 3.8) is 0 Å². The summed E-state index contributed by atoms with van der Waals surface area (Å²) in [4.78, 5) is 48.9. The van der Waals surface area contributed by atoms with Crippen molar-refractivity contribution in [1.82, 2.24) is 10.6 Å². The Kier molecular flexibility index (Phi) is 7.83. The van der Waals surface area contributed by atoms with Gasteiger partial charge in [-0.2, -0.15) is 0 Å². The molecule has 1 aliphatic carbocycles. The molecule has 2 aromatic carbocycles. The van der Waals surface area contributed by atoms with Crippen molar-refractivity contribution in [2.45, 2.75) is 44.9 Å². The van der Waals surface area contributed by atoms with Crippen LogP contribution in [0.4, 0.5) is 10.1 Å². The van der Waals surface area contributed by atoms with Crippen LogP contribution in [0, 0.1) is 21.8 Å². The minimum absolute atomic E-state index is 0.00422.